The van der Waals surface area contributed by atoms with Crippen molar-refractivity contribution in [1.82, 2.24) is 9.38 Å². The first-order valence-corrected chi connectivity index (χ1v) is 7.24. The van der Waals surface area contributed by atoms with Crippen LogP contribution in [0.5, 0.6) is 0 Å². The Morgan fingerprint density at radius 3 is 3.05 bits per heavy atom. The third kappa shape index (κ3) is 2.52. The maximum Gasteiger partial charge on any atom is 0.193 e. The van der Waals surface area contributed by atoms with Gasteiger partial charge >= 0.3 is 0 Å². The number of imidazole rings is 1. The predicted molar refractivity (Wildman–Crippen MR) is 77.9 cm³/mol. The number of hydrogen-bond acceptors (Lipinski definition) is 3. The molecule has 1 N–H and O–H groups in total. The van der Waals surface area contributed by atoms with E-state index in [1.54, 1.807) is 17.4 Å². The van der Waals surface area contributed by atoms with Crippen LogP contribution < -0.4 is 0 Å². The first-order valence-electron chi connectivity index (χ1n) is 5.98. The minimum absolute atomic E-state index is 0.511. The molecular formula is C14H13ClN2OS. The zero-order valence-electron chi connectivity index (χ0n) is 10.4. The minimum atomic E-state index is -0.554. The number of thiazole rings is 1. The molecule has 0 saturated heterocycles. The zero-order valence-corrected chi connectivity index (χ0v) is 11.9. The number of rotatable bonds is 3. The van der Waals surface area contributed by atoms with E-state index in [0.29, 0.717) is 11.4 Å². The van der Waals surface area contributed by atoms with E-state index in [4.69, 9.17) is 11.6 Å². The Labute approximate surface area is 120 Å². The lowest BCUT2D eigenvalue weighted by molar-refractivity contribution is 0.176. The fraction of sp³-hybridized carbons (Fsp3) is 0.214. The van der Waals surface area contributed by atoms with Gasteiger partial charge in [0.25, 0.3) is 0 Å². The van der Waals surface area contributed by atoms with Crippen LogP contribution in [0.3, 0.4) is 0 Å². The van der Waals surface area contributed by atoms with Gasteiger partial charge in [0, 0.05) is 29.2 Å². The Balaban J connectivity index is 1.84. The average molecular weight is 293 g/mol. The van der Waals surface area contributed by atoms with Crippen molar-refractivity contribution >= 4 is 27.9 Å². The standard InChI is InChI=1S/C14H13ClN2OS/c1-9-6-10(15)2-3-12(9)13(18)7-11-8-17-4-5-19-14(17)16-11/h2-6,8,13,18H,7H2,1H3. The maximum absolute atomic E-state index is 10.3. The van der Waals surface area contributed by atoms with Gasteiger partial charge in [-0.05, 0) is 30.2 Å². The Hall–Kier alpha value is -1.36. The van der Waals surface area contributed by atoms with Crippen molar-refractivity contribution in [1.29, 1.82) is 0 Å². The molecule has 3 nitrogen and oxygen atoms in total. The second-order valence-corrected chi connectivity index (χ2v) is 5.86. The summed E-state index contributed by atoms with van der Waals surface area (Å²) >= 11 is 7.51. The Bertz CT molecular complexity index is 691. The van der Waals surface area contributed by atoms with Crippen LogP contribution in [0.4, 0.5) is 0 Å². The molecule has 2 heterocycles. The minimum Gasteiger partial charge on any atom is -0.388 e. The van der Waals surface area contributed by atoms with E-state index in [1.165, 1.54) is 0 Å². The molecule has 1 unspecified atom stereocenters. The van der Waals surface area contributed by atoms with Crippen LogP contribution in [-0.4, -0.2) is 14.5 Å². The largest absolute Gasteiger partial charge is 0.388 e. The van der Waals surface area contributed by atoms with Crippen LogP contribution in [-0.2, 0) is 6.42 Å². The normalized spacial score (nSPS) is 13.0. The molecule has 0 bridgehead atoms. The fourth-order valence-electron chi connectivity index (χ4n) is 2.20. The summed E-state index contributed by atoms with van der Waals surface area (Å²) in [7, 11) is 0. The summed E-state index contributed by atoms with van der Waals surface area (Å²) in [6.07, 6.45) is 3.88. The van der Waals surface area contributed by atoms with Gasteiger partial charge in [-0.25, -0.2) is 4.98 Å². The fourth-order valence-corrected chi connectivity index (χ4v) is 3.14. The van der Waals surface area contributed by atoms with E-state index in [9.17, 15) is 5.11 Å². The second kappa shape index (κ2) is 4.96. The van der Waals surface area contributed by atoms with Crippen LogP contribution in [0.25, 0.3) is 4.96 Å². The molecule has 0 fully saturated rings. The number of halogens is 1. The Morgan fingerprint density at radius 2 is 2.32 bits per heavy atom. The molecular weight excluding hydrogens is 280 g/mol. The van der Waals surface area contributed by atoms with E-state index in [2.05, 4.69) is 4.98 Å². The van der Waals surface area contributed by atoms with E-state index in [0.717, 1.165) is 21.8 Å². The van der Waals surface area contributed by atoms with Crippen molar-refractivity contribution in [3.05, 3.63) is 57.8 Å². The molecule has 3 aromatic rings. The number of benzene rings is 1. The SMILES string of the molecule is Cc1cc(Cl)ccc1C(O)Cc1cn2ccsc2n1. The van der Waals surface area contributed by atoms with E-state index >= 15 is 0 Å². The molecule has 0 saturated carbocycles. The third-order valence-electron chi connectivity index (χ3n) is 3.14. The van der Waals surface area contributed by atoms with E-state index in [1.807, 2.05) is 41.2 Å². The monoisotopic (exact) mass is 292 g/mol. The molecule has 3 rings (SSSR count). The number of nitrogens with zero attached hydrogens (tertiary/aromatic N) is 2. The van der Waals surface area contributed by atoms with Crippen LogP contribution >= 0.6 is 22.9 Å². The molecule has 1 aromatic carbocycles. The quantitative estimate of drug-likeness (QED) is 0.800. The highest BCUT2D eigenvalue weighted by atomic mass is 35.5. The molecule has 0 aliphatic carbocycles. The predicted octanol–water partition coefficient (Wildman–Crippen LogP) is 3.63. The van der Waals surface area contributed by atoms with Crippen LogP contribution in [0.15, 0.2) is 36.0 Å². The number of aryl methyl sites for hydroxylation is 1. The van der Waals surface area contributed by atoms with Gasteiger partial charge in [0.15, 0.2) is 4.96 Å². The highest BCUT2D eigenvalue weighted by molar-refractivity contribution is 7.15. The van der Waals surface area contributed by atoms with Gasteiger partial charge in [-0.15, -0.1) is 11.3 Å². The second-order valence-electron chi connectivity index (χ2n) is 4.55. The van der Waals surface area contributed by atoms with Gasteiger partial charge in [0.1, 0.15) is 0 Å². The molecule has 98 valence electrons. The molecule has 5 heteroatoms. The van der Waals surface area contributed by atoms with Gasteiger partial charge in [0.2, 0.25) is 0 Å². The number of fused-ring (bicyclic) bond motifs is 1. The highest BCUT2D eigenvalue weighted by Gasteiger charge is 2.14. The topological polar surface area (TPSA) is 37.5 Å². The summed E-state index contributed by atoms with van der Waals surface area (Å²) in [6, 6.07) is 5.55. The van der Waals surface area contributed by atoms with Crippen LogP contribution in [0.2, 0.25) is 5.02 Å². The maximum atomic E-state index is 10.3. The molecule has 0 aliphatic rings. The number of hydrogen-bond donors (Lipinski definition) is 1. The summed E-state index contributed by atoms with van der Waals surface area (Å²) < 4.78 is 1.97. The van der Waals surface area contributed by atoms with Crippen molar-refractivity contribution in [2.75, 3.05) is 0 Å². The lowest BCUT2D eigenvalue weighted by Crippen LogP contribution is -2.04. The van der Waals surface area contributed by atoms with Crippen LogP contribution in [0.1, 0.15) is 22.9 Å². The Morgan fingerprint density at radius 1 is 1.47 bits per heavy atom. The molecule has 0 amide bonds. The lowest BCUT2D eigenvalue weighted by atomic mass is 10.0. The summed E-state index contributed by atoms with van der Waals surface area (Å²) in [5.74, 6) is 0. The molecule has 0 aliphatic heterocycles. The smallest absolute Gasteiger partial charge is 0.193 e. The lowest BCUT2D eigenvalue weighted by Gasteiger charge is -2.12. The molecule has 1 atom stereocenters. The van der Waals surface area contributed by atoms with Crippen molar-refractivity contribution in [3.63, 3.8) is 0 Å². The molecule has 0 radical (unpaired) electrons. The molecule has 19 heavy (non-hydrogen) atoms. The van der Waals surface area contributed by atoms with Crippen molar-refractivity contribution in [2.45, 2.75) is 19.4 Å². The van der Waals surface area contributed by atoms with Gasteiger partial charge in [-0.2, -0.15) is 0 Å². The summed E-state index contributed by atoms with van der Waals surface area (Å²) in [5.41, 5.74) is 2.80. The van der Waals surface area contributed by atoms with Gasteiger partial charge in [0.05, 0.1) is 11.8 Å². The number of aliphatic hydroxyl groups is 1. The van der Waals surface area contributed by atoms with Crippen molar-refractivity contribution < 1.29 is 5.11 Å². The van der Waals surface area contributed by atoms with E-state index < -0.39 is 6.10 Å². The van der Waals surface area contributed by atoms with Crippen molar-refractivity contribution in [2.24, 2.45) is 0 Å². The van der Waals surface area contributed by atoms with Gasteiger partial charge in [-0.1, -0.05) is 17.7 Å². The van der Waals surface area contributed by atoms with Gasteiger partial charge < -0.3 is 5.11 Å². The third-order valence-corrected chi connectivity index (χ3v) is 4.14. The summed E-state index contributed by atoms with van der Waals surface area (Å²) in [4.78, 5) is 5.43. The molecule has 0 spiro atoms. The van der Waals surface area contributed by atoms with E-state index in [-0.39, 0.29) is 0 Å². The molecule has 2 aromatic heterocycles. The zero-order chi connectivity index (χ0) is 13.4. The summed E-state index contributed by atoms with van der Waals surface area (Å²) in [5, 5.41) is 13.0. The Kier molecular flexibility index (Phi) is 3.31. The number of aliphatic hydroxyl groups excluding tert-OH is 1. The first-order chi connectivity index (χ1) is 9.13. The van der Waals surface area contributed by atoms with Crippen LogP contribution in [0, 0.1) is 6.92 Å². The van der Waals surface area contributed by atoms with Crippen molar-refractivity contribution in [3.8, 4) is 0 Å². The highest BCUT2D eigenvalue weighted by Crippen LogP contribution is 2.24. The average Bonchev–Trinajstić information content (AvgIpc) is 2.89. The summed E-state index contributed by atoms with van der Waals surface area (Å²) in [6.45, 7) is 1.95. The number of aromatic nitrogens is 2. The van der Waals surface area contributed by atoms with Gasteiger partial charge in [-0.3, -0.25) is 4.40 Å². The first kappa shape index (κ1) is 12.7.